The normalized spacial score (nSPS) is 24.4. The molecule has 8 nitrogen and oxygen atoms in total. The van der Waals surface area contributed by atoms with Crippen LogP contribution in [0.25, 0.3) is 10.9 Å². The summed E-state index contributed by atoms with van der Waals surface area (Å²) >= 11 is 13.5. The zero-order chi connectivity index (χ0) is 33.2. The van der Waals surface area contributed by atoms with E-state index >= 15 is 0 Å². The van der Waals surface area contributed by atoms with Crippen molar-refractivity contribution in [1.82, 2.24) is 19.3 Å². The fourth-order valence-electron chi connectivity index (χ4n) is 7.68. The van der Waals surface area contributed by atoms with Crippen LogP contribution in [0.15, 0.2) is 42.6 Å². The number of piperazine rings is 1. The molecule has 1 saturated carbocycles. The van der Waals surface area contributed by atoms with Crippen LogP contribution < -0.4 is 5.32 Å². The number of hydrogen-bond donors (Lipinski definition) is 1. The van der Waals surface area contributed by atoms with E-state index in [-0.39, 0.29) is 30.4 Å². The lowest BCUT2D eigenvalue weighted by Crippen LogP contribution is -2.52. The Labute approximate surface area is 289 Å². The smallest absolute Gasteiger partial charge is 0.257 e. The van der Waals surface area contributed by atoms with E-state index in [0.29, 0.717) is 52.1 Å². The van der Waals surface area contributed by atoms with Gasteiger partial charge in [0.25, 0.3) is 5.91 Å². The lowest BCUT2D eigenvalue weighted by molar-refractivity contribution is -0.133. The molecular formula is C37H49Cl2N5O3. The summed E-state index contributed by atoms with van der Waals surface area (Å²) in [5.74, 6) is 0.531. The van der Waals surface area contributed by atoms with Gasteiger partial charge in [-0.15, -0.1) is 0 Å². The van der Waals surface area contributed by atoms with Crippen molar-refractivity contribution in [3.05, 3.63) is 63.8 Å². The van der Waals surface area contributed by atoms with Crippen LogP contribution in [0.2, 0.25) is 10.0 Å². The van der Waals surface area contributed by atoms with Crippen molar-refractivity contribution in [2.24, 2.45) is 13.0 Å². The third-order valence-corrected chi connectivity index (χ3v) is 11.3. The Morgan fingerprint density at radius 1 is 1.00 bits per heavy atom. The van der Waals surface area contributed by atoms with E-state index in [4.69, 9.17) is 27.9 Å². The van der Waals surface area contributed by atoms with Gasteiger partial charge in [-0.25, -0.2) is 0 Å². The predicted molar refractivity (Wildman–Crippen MR) is 191 cm³/mol. The van der Waals surface area contributed by atoms with Gasteiger partial charge in [0, 0.05) is 74.0 Å². The third-order valence-electron chi connectivity index (χ3n) is 10.7. The highest BCUT2D eigenvalue weighted by Gasteiger charge is 2.39. The molecule has 1 N–H and O–H groups in total. The first-order valence-electron chi connectivity index (χ1n) is 17.3. The molecule has 0 radical (unpaired) electrons. The number of rotatable bonds is 9. The van der Waals surface area contributed by atoms with Crippen molar-refractivity contribution in [2.45, 2.75) is 83.5 Å². The Balaban J connectivity index is 1.13. The summed E-state index contributed by atoms with van der Waals surface area (Å²) in [5, 5.41) is 4.54. The summed E-state index contributed by atoms with van der Waals surface area (Å²) in [6.45, 7) is 12.3. The molecule has 254 valence electrons. The number of likely N-dealkylation sites (tertiary alicyclic amines) is 1. The van der Waals surface area contributed by atoms with Crippen molar-refractivity contribution in [3.8, 4) is 0 Å². The van der Waals surface area contributed by atoms with Crippen LogP contribution in [0.4, 0.5) is 5.69 Å². The van der Waals surface area contributed by atoms with Gasteiger partial charge in [-0.3, -0.25) is 19.4 Å². The molecule has 2 amide bonds. The molecule has 47 heavy (non-hydrogen) atoms. The van der Waals surface area contributed by atoms with E-state index in [0.717, 1.165) is 62.3 Å². The van der Waals surface area contributed by atoms with Crippen molar-refractivity contribution in [3.63, 3.8) is 0 Å². The second-order valence-electron chi connectivity index (χ2n) is 14.2. The number of ether oxygens (including phenoxy) is 1. The van der Waals surface area contributed by atoms with E-state index in [9.17, 15) is 9.59 Å². The lowest BCUT2D eigenvalue weighted by Gasteiger charge is -2.39. The standard InChI is InChI=1S/C37H49Cl2N5O3/c1-24(2)42-13-15-43(16-14-42)27-19-28(23-47-29-11-9-25(3)10-12-29)44(21-27)36(45)18-26-17-33(39)34(20-32(26)38)40-37(46)31-22-41(4)35-8-6-5-7-30(31)35/h5-8,17,20,22,24-25,27-29H,9-16,18-19,21,23H2,1-4H3,(H,40,46)/t25?,27-,28-,29?/m0/s1. The third kappa shape index (κ3) is 7.83. The SMILES string of the molecule is CC1CCC(OC[C@@H]2C[C@H](N3CCN(C(C)C)CC3)CN2C(=O)Cc2cc(Cl)c(NC(=O)c3cn(C)c4ccccc34)cc2Cl)CC1. The highest BCUT2D eigenvalue weighted by molar-refractivity contribution is 6.36. The van der Waals surface area contributed by atoms with Gasteiger partial charge in [0.05, 0.1) is 41.4 Å². The van der Waals surface area contributed by atoms with Crippen LogP contribution >= 0.6 is 23.2 Å². The van der Waals surface area contributed by atoms with Crippen LogP contribution in [0, 0.1) is 5.92 Å². The minimum Gasteiger partial charge on any atom is -0.376 e. The Kier molecular flexibility index (Phi) is 10.8. The number of nitrogens with zero attached hydrogens (tertiary/aromatic N) is 4. The highest BCUT2D eigenvalue weighted by Crippen LogP contribution is 2.33. The summed E-state index contributed by atoms with van der Waals surface area (Å²) in [4.78, 5) is 34.4. The van der Waals surface area contributed by atoms with Crippen molar-refractivity contribution < 1.29 is 14.3 Å². The molecule has 2 saturated heterocycles. The predicted octanol–water partition coefficient (Wildman–Crippen LogP) is 6.87. The van der Waals surface area contributed by atoms with Crippen LogP contribution in [-0.2, 0) is 23.0 Å². The molecule has 0 bridgehead atoms. The summed E-state index contributed by atoms with van der Waals surface area (Å²) in [7, 11) is 1.91. The van der Waals surface area contributed by atoms with Gasteiger partial charge in [0.15, 0.2) is 0 Å². The van der Waals surface area contributed by atoms with Gasteiger partial charge in [0.1, 0.15) is 0 Å². The average molecular weight is 683 g/mol. The van der Waals surface area contributed by atoms with E-state index < -0.39 is 0 Å². The summed E-state index contributed by atoms with van der Waals surface area (Å²) in [6.07, 6.45) is 7.76. The first kappa shape index (κ1) is 34.3. The number of aryl methyl sites for hydroxylation is 1. The number of carbonyl (C=O) groups excluding carboxylic acids is 2. The van der Waals surface area contributed by atoms with Gasteiger partial charge in [-0.1, -0.05) is 48.3 Å². The van der Waals surface area contributed by atoms with Crippen LogP contribution in [0.1, 0.15) is 68.8 Å². The van der Waals surface area contributed by atoms with Crippen molar-refractivity contribution in [1.29, 1.82) is 0 Å². The second-order valence-corrected chi connectivity index (χ2v) is 15.0. The van der Waals surface area contributed by atoms with Gasteiger partial charge in [-0.05, 0) is 75.6 Å². The molecule has 2 aromatic carbocycles. The fraction of sp³-hybridized carbons (Fsp3) is 0.568. The number of anilines is 1. The molecule has 0 unspecified atom stereocenters. The van der Waals surface area contributed by atoms with Crippen LogP contribution in [0.3, 0.4) is 0 Å². The number of para-hydroxylation sites is 1. The Hall–Kier alpha value is -2.62. The fourth-order valence-corrected chi connectivity index (χ4v) is 8.14. The number of carbonyl (C=O) groups is 2. The number of nitrogens with one attached hydrogen (secondary N) is 1. The Morgan fingerprint density at radius 2 is 1.72 bits per heavy atom. The molecule has 0 spiro atoms. The molecule has 3 fully saturated rings. The van der Waals surface area contributed by atoms with Gasteiger partial charge in [-0.2, -0.15) is 0 Å². The van der Waals surface area contributed by atoms with Crippen LogP contribution in [-0.4, -0.2) is 94.6 Å². The molecule has 2 aliphatic heterocycles. The summed E-state index contributed by atoms with van der Waals surface area (Å²) in [6, 6.07) is 12.0. The Morgan fingerprint density at radius 3 is 2.45 bits per heavy atom. The maximum absolute atomic E-state index is 14.0. The summed E-state index contributed by atoms with van der Waals surface area (Å²) < 4.78 is 8.41. The van der Waals surface area contributed by atoms with Gasteiger partial charge in [0.2, 0.25) is 5.91 Å². The van der Waals surface area contributed by atoms with E-state index in [2.05, 4.69) is 35.9 Å². The average Bonchev–Trinajstić information content (AvgIpc) is 3.65. The van der Waals surface area contributed by atoms with Crippen LogP contribution in [0.5, 0.6) is 0 Å². The van der Waals surface area contributed by atoms with Gasteiger partial charge >= 0.3 is 0 Å². The van der Waals surface area contributed by atoms with E-state index in [1.165, 1.54) is 12.8 Å². The molecular weight excluding hydrogens is 633 g/mol. The maximum Gasteiger partial charge on any atom is 0.257 e. The largest absolute Gasteiger partial charge is 0.376 e. The maximum atomic E-state index is 14.0. The number of hydrogen-bond acceptors (Lipinski definition) is 5. The van der Waals surface area contributed by atoms with E-state index in [1.807, 2.05) is 47.0 Å². The monoisotopic (exact) mass is 681 g/mol. The minimum absolute atomic E-state index is 0.0310. The number of benzene rings is 2. The molecule has 3 heterocycles. The Bertz CT molecular complexity index is 1580. The molecule has 3 aliphatic rings. The summed E-state index contributed by atoms with van der Waals surface area (Å²) in [5.41, 5.74) is 2.59. The molecule has 1 aliphatic carbocycles. The molecule has 6 rings (SSSR count). The van der Waals surface area contributed by atoms with Crippen molar-refractivity contribution >= 4 is 51.6 Å². The molecule has 3 aromatic rings. The zero-order valence-corrected chi connectivity index (χ0v) is 29.7. The number of amides is 2. The number of aromatic nitrogens is 1. The molecule has 2 atom stereocenters. The lowest BCUT2D eigenvalue weighted by atomic mass is 9.89. The quantitative estimate of drug-likeness (QED) is 0.267. The first-order chi connectivity index (χ1) is 22.6. The zero-order valence-electron chi connectivity index (χ0n) is 28.2. The minimum atomic E-state index is -0.267. The molecule has 10 heteroatoms. The van der Waals surface area contributed by atoms with E-state index in [1.54, 1.807) is 12.1 Å². The number of halogens is 2. The molecule has 1 aromatic heterocycles. The van der Waals surface area contributed by atoms with Crippen molar-refractivity contribution in [2.75, 3.05) is 44.6 Å². The number of fused-ring (bicyclic) bond motifs is 1. The van der Waals surface area contributed by atoms with Gasteiger partial charge < -0.3 is 19.5 Å². The second kappa shape index (κ2) is 14.9. The first-order valence-corrected chi connectivity index (χ1v) is 18.1. The topological polar surface area (TPSA) is 70.1 Å². The highest BCUT2D eigenvalue weighted by atomic mass is 35.5.